The maximum Gasteiger partial charge on any atom is 0.305 e. The zero-order chi connectivity index (χ0) is 11.1. The first kappa shape index (κ1) is 11.8. The maximum atomic E-state index is 11.0. The molecule has 0 aromatic carbocycles. The number of rotatable bonds is 4. The molecular formula is C12H17NO2. The summed E-state index contributed by atoms with van der Waals surface area (Å²) >= 11 is 0. The van der Waals surface area contributed by atoms with Gasteiger partial charge in [0.2, 0.25) is 0 Å². The van der Waals surface area contributed by atoms with Crippen molar-refractivity contribution in [2.24, 2.45) is 5.92 Å². The number of esters is 1. The van der Waals surface area contributed by atoms with E-state index < -0.39 is 0 Å². The van der Waals surface area contributed by atoms with Gasteiger partial charge in [0.05, 0.1) is 19.1 Å². The first-order chi connectivity index (χ1) is 7.27. The van der Waals surface area contributed by atoms with E-state index in [4.69, 9.17) is 5.26 Å². The molecule has 0 heterocycles. The number of methoxy groups -OCH3 is 1. The van der Waals surface area contributed by atoms with E-state index in [9.17, 15) is 4.79 Å². The van der Waals surface area contributed by atoms with Gasteiger partial charge in [-0.15, -0.1) is 0 Å². The molecule has 0 fully saturated rings. The molecule has 0 aromatic rings. The standard InChI is InChI=1S/C12H17NO2/c1-15-12(14)8-7-11(9-13)10-5-3-2-4-6-10/h5,11H,2-4,6-8H2,1H3. The van der Waals surface area contributed by atoms with Crippen molar-refractivity contribution in [2.45, 2.75) is 38.5 Å². The molecule has 3 heteroatoms. The molecular weight excluding hydrogens is 190 g/mol. The number of allylic oxidation sites excluding steroid dienone is 2. The lowest BCUT2D eigenvalue weighted by atomic mass is 9.87. The Labute approximate surface area is 90.7 Å². The van der Waals surface area contributed by atoms with Crippen LogP contribution in [-0.2, 0) is 9.53 Å². The lowest BCUT2D eigenvalue weighted by molar-refractivity contribution is -0.140. The molecule has 0 amide bonds. The fourth-order valence-electron chi connectivity index (χ4n) is 1.88. The minimum atomic E-state index is -0.230. The van der Waals surface area contributed by atoms with Gasteiger partial charge in [-0.2, -0.15) is 5.26 Å². The van der Waals surface area contributed by atoms with Gasteiger partial charge in [-0.3, -0.25) is 4.79 Å². The molecule has 1 rings (SSSR count). The summed E-state index contributed by atoms with van der Waals surface area (Å²) in [5.74, 6) is -0.323. The molecule has 0 saturated heterocycles. The molecule has 1 aliphatic carbocycles. The highest BCUT2D eigenvalue weighted by atomic mass is 16.5. The zero-order valence-corrected chi connectivity index (χ0v) is 9.16. The normalized spacial score (nSPS) is 17.5. The molecule has 15 heavy (non-hydrogen) atoms. The summed E-state index contributed by atoms with van der Waals surface area (Å²) in [7, 11) is 1.38. The van der Waals surface area contributed by atoms with Crippen LogP contribution < -0.4 is 0 Å². The van der Waals surface area contributed by atoms with Crippen molar-refractivity contribution in [2.75, 3.05) is 7.11 Å². The first-order valence-electron chi connectivity index (χ1n) is 5.43. The summed E-state index contributed by atoms with van der Waals surface area (Å²) in [6, 6.07) is 2.28. The maximum absolute atomic E-state index is 11.0. The van der Waals surface area contributed by atoms with Crippen LogP contribution in [0, 0.1) is 17.2 Å². The van der Waals surface area contributed by atoms with Crippen molar-refractivity contribution >= 4 is 5.97 Å². The van der Waals surface area contributed by atoms with Crippen molar-refractivity contribution in [3.63, 3.8) is 0 Å². The molecule has 0 aliphatic heterocycles. The van der Waals surface area contributed by atoms with Crippen LogP contribution >= 0.6 is 0 Å². The summed E-state index contributed by atoms with van der Waals surface area (Å²) in [6.45, 7) is 0. The van der Waals surface area contributed by atoms with Gasteiger partial charge in [0.25, 0.3) is 0 Å². The second-order valence-corrected chi connectivity index (χ2v) is 3.82. The van der Waals surface area contributed by atoms with E-state index >= 15 is 0 Å². The van der Waals surface area contributed by atoms with Crippen molar-refractivity contribution in [1.82, 2.24) is 0 Å². The monoisotopic (exact) mass is 207 g/mol. The van der Waals surface area contributed by atoms with Gasteiger partial charge in [0.15, 0.2) is 0 Å². The molecule has 1 atom stereocenters. The lowest BCUT2D eigenvalue weighted by Crippen LogP contribution is -2.09. The van der Waals surface area contributed by atoms with Gasteiger partial charge in [-0.1, -0.05) is 11.6 Å². The van der Waals surface area contributed by atoms with Crippen molar-refractivity contribution in [3.05, 3.63) is 11.6 Å². The molecule has 0 saturated carbocycles. The minimum Gasteiger partial charge on any atom is -0.469 e. The van der Waals surface area contributed by atoms with E-state index in [0.29, 0.717) is 12.8 Å². The van der Waals surface area contributed by atoms with Crippen LogP contribution in [0.1, 0.15) is 38.5 Å². The largest absolute Gasteiger partial charge is 0.469 e. The van der Waals surface area contributed by atoms with Crippen LogP contribution in [0.3, 0.4) is 0 Å². The Morgan fingerprint density at radius 2 is 2.47 bits per heavy atom. The first-order valence-corrected chi connectivity index (χ1v) is 5.43. The Hall–Kier alpha value is -1.30. The number of nitriles is 1. The molecule has 0 radical (unpaired) electrons. The number of hydrogen-bond acceptors (Lipinski definition) is 3. The summed E-state index contributed by atoms with van der Waals surface area (Å²) in [4.78, 5) is 11.0. The third kappa shape index (κ3) is 3.75. The van der Waals surface area contributed by atoms with E-state index in [1.807, 2.05) is 0 Å². The lowest BCUT2D eigenvalue weighted by Gasteiger charge is -2.16. The van der Waals surface area contributed by atoms with E-state index in [1.165, 1.54) is 25.5 Å². The average Bonchev–Trinajstić information content (AvgIpc) is 2.31. The summed E-state index contributed by atoms with van der Waals surface area (Å²) < 4.78 is 4.56. The Morgan fingerprint density at radius 3 is 3.00 bits per heavy atom. The van der Waals surface area contributed by atoms with Crippen LogP contribution in [0.2, 0.25) is 0 Å². The van der Waals surface area contributed by atoms with Crippen LogP contribution in [0.4, 0.5) is 0 Å². The number of hydrogen-bond donors (Lipinski definition) is 0. The van der Waals surface area contributed by atoms with E-state index in [-0.39, 0.29) is 11.9 Å². The van der Waals surface area contributed by atoms with Crippen LogP contribution in [0.5, 0.6) is 0 Å². The van der Waals surface area contributed by atoms with Crippen molar-refractivity contribution in [3.8, 4) is 6.07 Å². The van der Waals surface area contributed by atoms with E-state index in [0.717, 1.165) is 12.8 Å². The number of carbonyl (C=O) groups excluding carboxylic acids is 1. The highest BCUT2D eigenvalue weighted by molar-refractivity contribution is 5.69. The van der Waals surface area contributed by atoms with E-state index in [1.54, 1.807) is 0 Å². The Balaban J connectivity index is 2.45. The smallest absolute Gasteiger partial charge is 0.305 e. The zero-order valence-electron chi connectivity index (χ0n) is 9.16. The average molecular weight is 207 g/mol. The van der Waals surface area contributed by atoms with Gasteiger partial charge in [0, 0.05) is 6.42 Å². The fraction of sp³-hybridized carbons (Fsp3) is 0.667. The second kappa shape index (κ2) is 6.23. The van der Waals surface area contributed by atoms with Crippen molar-refractivity contribution in [1.29, 1.82) is 5.26 Å². The number of carbonyl (C=O) groups is 1. The number of ether oxygens (including phenoxy) is 1. The van der Waals surface area contributed by atoms with Gasteiger partial charge < -0.3 is 4.74 Å². The molecule has 1 aliphatic rings. The van der Waals surface area contributed by atoms with Crippen LogP contribution in [0.25, 0.3) is 0 Å². The van der Waals surface area contributed by atoms with Gasteiger partial charge in [-0.25, -0.2) is 0 Å². The summed E-state index contributed by atoms with van der Waals surface area (Å²) in [5, 5.41) is 9.02. The Morgan fingerprint density at radius 1 is 1.67 bits per heavy atom. The predicted molar refractivity (Wildman–Crippen MR) is 56.9 cm³/mol. The quantitative estimate of drug-likeness (QED) is 0.526. The van der Waals surface area contributed by atoms with E-state index in [2.05, 4.69) is 16.9 Å². The Kier molecular flexibility index (Phi) is 4.89. The van der Waals surface area contributed by atoms with Crippen LogP contribution in [-0.4, -0.2) is 13.1 Å². The molecule has 3 nitrogen and oxygen atoms in total. The Bertz CT molecular complexity index is 288. The molecule has 82 valence electrons. The topological polar surface area (TPSA) is 50.1 Å². The predicted octanol–water partition coefficient (Wildman–Crippen LogP) is 2.58. The minimum absolute atomic E-state index is 0.0931. The molecule has 1 unspecified atom stereocenters. The molecule has 0 spiro atoms. The molecule has 0 aromatic heterocycles. The third-order valence-corrected chi connectivity index (χ3v) is 2.79. The van der Waals surface area contributed by atoms with Gasteiger partial charge in [-0.05, 0) is 32.1 Å². The SMILES string of the molecule is COC(=O)CCC(C#N)C1=CCCCC1. The highest BCUT2D eigenvalue weighted by Crippen LogP contribution is 2.26. The molecule has 0 N–H and O–H groups in total. The summed E-state index contributed by atoms with van der Waals surface area (Å²) in [6.07, 6.45) is 7.57. The van der Waals surface area contributed by atoms with Gasteiger partial charge in [0.1, 0.15) is 0 Å². The number of nitrogens with zero attached hydrogens (tertiary/aromatic N) is 1. The summed E-state index contributed by atoms with van der Waals surface area (Å²) in [5.41, 5.74) is 1.22. The third-order valence-electron chi connectivity index (χ3n) is 2.79. The van der Waals surface area contributed by atoms with Gasteiger partial charge >= 0.3 is 5.97 Å². The van der Waals surface area contributed by atoms with Crippen molar-refractivity contribution < 1.29 is 9.53 Å². The van der Waals surface area contributed by atoms with Crippen LogP contribution in [0.15, 0.2) is 11.6 Å². The highest BCUT2D eigenvalue weighted by Gasteiger charge is 2.16. The fourth-order valence-corrected chi connectivity index (χ4v) is 1.88. The molecule has 0 bridgehead atoms. The second-order valence-electron chi connectivity index (χ2n) is 3.82.